The molecular formula is C32H24ClF3N6O4. The van der Waals surface area contributed by atoms with E-state index in [0.717, 1.165) is 18.2 Å². The summed E-state index contributed by atoms with van der Waals surface area (Å²) in [6.07, 6.45) is 4.48. The number of halogens is 4. The zero-order chi connectivity index (χ0) is 32.4. The first-order chi connectivity index (χ1) is 22.2. The van der Waals surface area contributed by atoms with Gasteiger partial charge in [0, 0.05) is 43.5 Å². The summed E-state index contributed by atoms with van der Waals surface area (Å²) in [6.45, 7) is 0.467. The molecule has 1 N–H and O–H groups in total. The molecule has 0 amide bonds. The van der Waals surface area contributed by atoms with Crippen molar-refractivity contribution in [2.75, 3.05) is 13.7 Å². The zero-order valence-electron chi connectivity index (χ0n) is 24.1. The summed E-state index contributed by atoms with van der Waals surface area (Å²) in [7, 11) is 1.52. The standard InChI is InChI=1S/C32H24ClF3N6O4/c1-45-9-8-41-28-11-19(32(43)44)3-5-27(28)39-31(41)13-20-10-26(36)22(14-25(20)35)18-2-4-24(34)29(12-18)46-17-21-16-37-30(15-23(21)33)42-7-6-38-40-42/h2-7,10-12,14-16H,8-9,13,17H2,1H3,(H,43,44). The number of benzene rings is 3. The number of fused-ring (bicyclic) bond motifs is 1. The van der Waals surface area contributed by atoms with Gasteiger partial charge in [-0.15, -0.1) is 5.10 Å². The van der Waals surface area contributed by atoms with Crippen molar-refractivity contribution >= 4 is 28.6 Å². The largest absolute Gasteiger partial charge is 0.486 e. The number of nitrogens with zero attached hydrogens (tertiary/aromatic N) is 6. The van der Waals surface area contributed by atoms with E-state index in [1.165, 1.54) is 48.5 Å². The molecule has 0 atom stereocenters. The molecule has 0 fully saturated rings. The number of hydrogen-bond acceptors (Lipinski definition) is 7. The Balaban J connectivity index is 1.25. The van der Waals surface area contributed by atoms with Crippen LogP contribution in [0.15, 0.2) is 73.2 Å². The van der Waals surface area contributed by atoms with Gasteiger partial charge in [0.05, 0.1) is 40.6 Å². The molecule has 0 aliphatic heterocycles. The Morgan fingerprint density at radius 2 is 1.85 bits per heavy atom. The summed E-state index contributed by atoms with van der Waals surface area (Å²) in [5.74, 6) is -2.60. The van der Waals surface area contributed by atoms with E-state index in [2.05, 4.69) is 20.3 Å². The molecular weight excluding hydrogens is 625 g/mol. The lowest BCUT2D eigenvalue weighted by Crippen LogP contribution is -2.10. The van der Waals surface area contributed by atoms with E-state index >= 15 is 8.78 Å². The van der Waals surface area contributed by atoms with E-state index in [-0.39, 0.29) is 47.6 Å². The molecule has 14 heteroatoms. The quantitative estimate of drug-likeness (QED) is 0.175. The van der Waals surface area contributed by atoms with Gasteiger partial charge >= 0.3 is 5.97 Å². The predicted molar refractivity (Wildman–Crippen MR) is 162 cm³/mol. The van der Waals surface area contributed by atoms with Gasteiger partial charge in [0.2, 0.25) is 0 Å². The van der Waals surface area contributed by atoms with E-state index in [0.29, 0.717) is 39.8 Å². The molecule has 234 valence electrons. The minimum Gasteiger partial charge on any atom is -0.486 e. The SMILES string of the molecule is COCCn1c(Cc2cc(F)c(-c3ccc(F)c(OCc4cnc(-n5ccnn5)cc4Cl)c3)cc2F)nc2ccc(C(=O)O)cc21. The Labute approximate surface area is 264 Å². The molecule has 0 saturated heterocycles. The lowest BCUT2D eigenvalue weighted by Gasteiger charge is -2.13. The maximum Gasteiger partial charge on any atom is 0.335 e. The normalized spacial score (nSPS) is 11.3. The molecule has 10 nitrogen and oxygen atoms in total. The molecule has 6 aromatic rings. The van der Waals surface area contributed by atoms with Crippen molar-refractivity contribution in [3.8, 4) is 22.7 Å². The highest BCUT2D eigenvalue weighted by molar-refractivity contribution is 6.31. The van der Waals surface area contributed by atoms with Crippen molar-refractivity contribution in [3.63, 3.8) is 0 Å². The first-order valence-electron chi connectivity index (χ1n) is 13.8. The molecule has 0 aliphatic carbocycles. The molecule has 3 aromatic heterocycles. The third-order valence-corrected chi connectivity index (χ3v) is 7.63. The van der Waals surface area contributed by atoms with Gasteiger partial charge in [0.15, 0.2) is 17.4 Å². The van der Waals surface area contributed by atoms with Crippen LogP contribution in [0.1, 0.15) is 27.3 Å². The van der Waals surface area contributed by atoms with Crippen molar-refractivity contribution < 1.29 is 32.5 Å². The van der Waals surface area contributed by atoms with Crippen LogP contribution in [0.25, 0.3) is 28.0 Å². The summed E-state index contributed by atoms with van der Waals surface area (Å²) in [5.41, 5.74) is 1.71. The van der Waals surface area contributed by atoms with Gasteiger partial charge in [-0.1, -0.05) is 22.9 Å². The number of aromatic nitrogens is 6. The second kappa shape index (κ2) is 13.0. The second-order valence-corrected chi connectivity index (χ2v) is 10.6. The molecule has 0 radical (unpaired) electrons. The predicted octanol–water partition coefficient (Wildman–Crippen LogP) is 6.26. The average molecular weight is 649 g/mol. The number of hydrogen-bond donors (Lipinski definition) is 1. The van der Waals surface area contributed by atoms with Gasteiger partial charge in [-0.3, -0.25) is 0 Å². The molecule has 6 rings (SSSR count). The Morgan fingerprint density at radius 3 is 2.59 bits per heavy atom. The highest BCUT2D eigenvalue weighted by Crippen LogP contribution is 2.32. The summed E-state index contributed by atoms with van der Waals surface area (Å²) in [5, 5.41) is 17.3. The van der Waals surface area contributed by atoms with Gasteiger partial charge in [-0.2, -0.15) is 0 Å². The number of carboxylic acids is 1. The van der Waals surface area contributed by atoms with Gasteiger partial charge in [0.1, 0.15) is 24.1 Å². The number of carbonyl (C=O) groups is 1. The summed E-state index contributed by atoms with van der Waals surface area (Å²) >= 11 is 6.37. The van der Waals surface area contributed by atoms with Crippen molar-refractivity contribution in [3.05, 3.63) is 118 Å². The summed E-state index contributed by atoms with van der Waals surface area (Å²) < 4.78 is 59.7. The highest BCUT2D eigenvalue weighted by Gasteiger charge is 2.19. The first-order valence-corrected chi connectivity index (χ1v) is 14.2. The van der Waals surface area contributed by atoms with E-state index in [4.69, 9.17) is 21.1 Å². The molecule has 0 spiro atoms. The fourth-order valence-electron chi connectivity index (χ4n) is 4.94. The third-order valence-electron chi connectivity index (χ3n) is 7.28. The van der Waals surface area contributed by atoms with Crippen LogP contribution < -0.4 is 4.74 Å². The average Bonchev–Trinajstić information content (AvgIpc) is 3.70. The maximum atomic E-state index is 15.5. The lowest BCUT2D eigenvalue weighted by molar-refractivity contribution is 0.0697. The molecule has 3 heterocycles. The minimum absolute atomic E-state index is 0.0312. The van der Waals surface area contributed by atoms with Crippen LogP contribution in [0.5, 0.6) is 5.75 Å². The van der Waals surface area contributed by atoms with E-state index in [1.54, 1.807) is 22.9 Å². The fourth-order valence-corrected chi connectivity index (χ4v) is 5.14. The van der Waals surface area contributed by atoms with Crippen molar-refractivity contribution in [2.45, 2.75) is 19.6 Å². The smallest absolute Gasteiger partial charge is 0.335 e. The van der Waals surface area contributed by atoms with Crippen LogP contribution in [0.4, 0.5) is 13.2 Å². The van der Waals surface area contributed by atoms with E-state index in [9.17, 15) is 14.3 Å². The third kappa shape index (κ3) is 6.28. The Kier molecular flexibility index (Phi) is 8.68. The van der Waals surface area contributed by atoms with Gasteiger partial charge in [0.25, 0.3) is 0 Å². The lowest BCUT2D eigenvalue weighted by atomic mass is 10.0. The number of imidazole rings is 1. The Bertz CT molecular complexity index is 2070. The molecule has 46 heavy (non-hydrogen) atoms. The van der Waals surface area contributed by atoms with Crippen LogP contribution in [0, 0.1) is 17.5 Å². The van der Waals surface area contributed by atoms with Crippen LogP contribution in [0.3, 0.4) is 0 Å². The number of pyridine rings is 1. The molecule has 0 unspecified atom stereocenters. The summed E-state index contributed by atoms with van der Waals surface area (Å²) in [4.78, 5) is 20.3. The molecule has 3 aromatic carbocycles. The number of carboxylic acid groups (broad SMARTS) is 1. The molecule has 0 saturated carbocycles. The number of aromatic carboxylic acids is 1. The molecule has 0 bridgehead atoms. The van der Waals surface area contributed by atoms with Crippen molar-refractivity contribution in [1.29, 1.82) is 0 Å². The van der Waals surface area contributed by atoms with E-state index < -0.39 is 23.4 Å². The van der Waals surface area contributed by atoms with Gasteiger partial charge < -0.3 is 19.1 Å². The summed E-state index contributed by atoms with van der Waals surface area (Å²) in [6, 6.07) is 11.9. The minimum atomic E-state index is -1.10. The van der Waals surface area contributed by atoms with Gasteiger partial charge in [-0.25, -0.2) is 32.6 Å². The number of ether oxygens (including phenoxy) is 2. The zero-order valence-corrected chi connectivity index (χ0v) is 24.9. The van der Waals surface area contributed by atoms with Crippen LogP contribution >= 0.6 is 11.6 Å². The highest BCUT2D eigenvalue weighted by atomic mass is 35.5. The van der Waals surface area contributed by atoms with E-state index in [1.807, 2.05) is 0 Å². The maximum absolute atomic E-state index is 15.5. The second-order valence-electron chi connectivity index (χ2n) is 10.2. The number of rotatable bonds is 11. The fraction of sp³-hybridized carbons (Fsp3) is 0.156. The monoisotopic (exact) mass is 648 g/mol. The van der Waals surface area contributed by atoms with Crippen molar-refractivity contribution in [2.24, 2.45) is 0 Å². The Hall–Kier alpha value is -5.27. The van der Waals surface area contributed by atoms with Gasteiger partial charge in [-0.05, 0) is 53.6 Å². The van der Waals surface area contributed by atoms with Crippen molar-refractivity contribution in [1.82, 2.24) is 29.5 Å². The van der Waals surface area contributed by atoms with Crippen LogP contribution in [0.2, 0.25) is 5.02 Å². The first kappa shape index (κ1) is 30.7. The molecule has 0 aliphatic rings. The van der Waals surface area contributed by atoms with Crippen LogP contribution in [-0.4, -0.2) is 54.3 Å². The topological polar surface area (TPSA) is 117 Å². The van der Waals surface area contributed by atoms with Crippen LogP contribution in [-0.2, 0) is 24.3 Å². The number of methoxy groups -OCH3 is 1. The Morgan fingerprint density at radius 1 is 1.00 bits per heavy atom.